The first kappa shape index (κ1) is 18.5. The summed E-state index contributed by atoms with van der Waals surface area (Å²) in [6.07, 6.45) is 0.328. The molecule has 4 heteroatoms. The minimum atomic E-state index is -0.519. The molecule has 3 aromatic carbocycles. The van der Waals surface area contributed by atoms with Crippen molar-refractivity contribution >= 4 is 11.7 Å². The molecule has 0 aliphatic carbocycles. The van der Waals surface area contributed by atoms with Gasteiger partial charge in [-0.25, -0.2) is 4.39 Å². The summed E-state index contributed by atoms with van der Waals surface area (Å²) in [7, 11) is 0. The predicted molar refractivity (Wildman–Crippen MR) is 103 cm³/mol. The molecule has 27 heavy (non-hydrogen) atoms. The van der Waals surface area contributed by atoms with Gasteiger partial charge in [0, 0.05) is 12.0 Å². The Morgan fingerprint density at radius 3 is 2.04 bits per heavy atom. The Labute approximate surface area is 157 Å². The van der Waals surface area contributed by atoms with E-state index in [1.54, 1.807) is 36.4 Å². The lowest BCUT2D eigenvalue weighted by Crippen LogP contribution is -2.31. The van der Waals surface area contributed by atoms with Crippen LogP contribution in [0, 0.1) is 5.82 Å². The van der Waals surface area contributed by atoms with Crippen LogP contribution >= 0.6 is 0 Å². The fourth-order valence-electron chi connectivity index (χ4n) is 2.90. The maximum absolute atomic E-state index is 13.3. The van der Waals surface area contributed by atoms with Crippen LogP contribution < -0.4 is 5.32 Å². The molecule has 1 N–H and O–H groups in total. The highest BCUT2D eigenvalue weighted by Crippen LogP contribution is 2.20. The highest BCUT2D eigenvalue weighted by Gasteiger charge is 2.19. The lowest BCUT2D eigenvalue weighted by Gasteiger charge is -2.19. The van der Waals surface area contributed by atoms with E-state index in [2.05, 4.69) is 5.32 Å². The maximum atomic E-state index is 13.3. The van der Waals surface area contributed by atoms with E-state index in [1.807, 2.05) is 36.4 Å². The first-order chi connectivity index (χ1) is 13.1. The van der Waals surface area contributed by atoms with E-state index in [0.717, 1.165) is 5.56 Å². The summed E-state index contributed by atoms with van der Waals surface area (Å²) in [5, 5.41) is 2.92. The second-order valence-electron chi connectivity index (χ2n) is 6.33. The number of Topliss-reactive ketones (excluding diaryl/α,β-unsaturated/α-hetero) is 1. The molecular weight excluding hydrogens is 341 g/mol. The molecule has 0 bridgehead atoms. The molecule has 3 nitrogen and oxygen atoms in total. The van der Waals surface area contributed by atoms with E-state index in [-0.39, 0.29) is 30.3 Å². The van der Waals surface area contributed by atoms with Crippen LogP contribution in [-0.2, 0) is 11.2 Å². The number of benzene rings is 3. The number of amides is 1. The molecule has 0 heterocycles. The summed E-state index contributed by atoms with van der Waals surface area (Å²) in [5.41, 5.74) is 2.17. The van der Waals surface area contributed by atoms with Crippen LogP contribution in [-0.4, -0.2) is 11.7 Å². The standard InChI is InChI=1S/C23H20FNO2/c24-20-13-11-18(12-14-20)21(16-22(26)19-9-5-2-6-10-19)25-23(27)15-17-7-3-1-4-8-17/h1-14,21H,15-16H2,(H,25,27). The number of hydrogen-bond donors (Lipinski definition) is 1. The SMILES string of the molecule is O=C(Cc1ccccc1)NC(CC(=O)c1ccccc1)c1ccc(F)cc1. The van der Waals surface area contributed by atoms with Gasteiger partial charge in [-0.05, 0) is 23.3 Å². The fraction of sp³-hybridized carbons (Fsp3) is 0.130. The van der Waals surface area contributed by atoms with E-state index in [1.165, 1.54) is 12.1 Å². The van der Waals surface area contributed by atoms with Crippen LogP contribution in [0.1, 0.15) is 33.9 Å². The summed E-state index contributed by atoms with van der Waals surface area (Å²) in [4.78, 5) is 25.1. The van der Waals surface area contributed by atoms with Crippen molar-refractivity contribution in [3.8, 4) is 0 Å². The number of hydrogen-bond acceptors (Lipinski definition) is 2. The Balaban J connectivity index is 1.76. The van der Waals surface area contributed by atoms with E-state index in [4.69, 9.17) is 0 Å². The molecule has 3 rings (SSSR count). The van der Waals surface area contributed by atoms with Gasteiger partial charge in [0.1, 0.15) is 5.82 Å². The molecule has 0 saturated carbocycles. The Kier molecular flexibility index (Phi) is 6.10. The quantitative estimate of drug-likeness (QED) is 0.630. The van der Waals surface area contributed by atoms with Crippen molar-refractivity contribution in [3.05, 3.63) is 107 Å². The molecule has 1 amide bonds. The summed E-state index contributed by atoms with van der Waals surface area (Å²) < 4.78 is 13.3. The highest BCUT2D eigenvalue weighted by atomic mass is 19.1. The number of carbonyl (C=O) groups is 2. The summed E-state index contributed by atoms with van der Waals surface area (Å²) >= 11 is 0. The van der Waals surface area contributed by atoms with Gasteiger partial charge >= 0.3 is 0 Å². The number of rotatable bonds is 7. The summed E-state index contributed by atoms with van der Waals surface area (Å²) in [5.74, 6) is -0.621. The van der Waals surface area contributed by atoms with Gasteiger partial charge in [-0.1, -0.05) is 72.8 Å². The van der Waals surface area contributed by atoms with Gasteiger partial charge in [-0.2, -0.15) is 0 Å². The monoisotopic (exact) mass is 361 g/mol. The van der Waals surface area contributed by atoms with Crippen molar-refractivity contribution in [2.75, 3.05) is 0 Å². The normalized spacial score (nSPS) is 11.6. The molecule has 0 radical (unpaired) electrons. The summed E-state index contributed by atoms with van der Waals surface area (Å²) in [6, 6.07) is 23.7. The van der Waals surface area contributed by atoms with Crippen LogP contribution in [0.2, 0.25) is 0 Å². The molecule has 0 fully saturated rings. The van der Waals surface area contributed by atoms with Crippen molar-refractivity contribution in [1.82, 2.24) is 5.32 Å². The van der Waals surface area contributed by atoms with Crippen LogP contribution in [0.5, 0.6) is 0 Å². The average molecular weight is 361 g/mol. The van der Waals surface area contributed by atoms with Gasteiger partial charge in [0.2, 0.25) is 5.91 Å². The highest BCUT2D eigenvalue weighted by molar-refractivity contribution is 5.96. The topological polar surface area (TPSA) is 46.2 Å². The van der Waals surface area contributed by atoms with Crippen LogP contribution in [0.15, 0.2) is 84.9 Å². The third-order valence-electron chi connectivity index (χ3n) is 4.30. The number of halogens is 1. The number of nitrogens with one attached hydrogen (secondary N) is 1. The minimum Gasteiger partial charge on any atom is -0.349 e. The zero-order valence-electron chi connectivity index (χ0n) is 14.8. The van der Waals surface area contributed by atoms with Gasteiger partial charge in [0.05, 0.1) is 12.5 Å². The van der Waals surface area contributed by atoms with Crippen molar-refractivity contribution in [3.63, 3.8) is 0 Å². The molecular formula is C23H20FNO2. The third kappa shape index (κ3) is 5.35. The van der Waals surface area contributed by atoms with Crippen LogP contribution in [0.4, 0.5) is 4.39 Å². The van der Waals surface area contributed by atoms with Gasteiger partial charge in [-0.15, -0.1) is 0 Å². The van der Waals surface area contributed by atoms with Crippen LogP contribution in [0.3, 0.4) is 0 Å². The smallest absolute Gasteiger partial charge is 0.224 e. The molecule has 0 spiro atoms. The Morgan fingerprint density at radius 2 is 1.41 bits per heavy atom. The Bertz CT molecular complexity index is 893. The molecule has 0 aliphatic heterocycles. The maximum Gasteiger partial charge on any atom is 0.224 e. The second-order valence-corrected chi connectivity index (χ2v) is 6.33. The van der Waals surface area contributed by atoms with Crippen molar-refractivity contribution in [1.29, 1.82) is 0 Å². The number of carbonyl (C=O) groups excluding carboxylic acids is 2. The van der Waals surface area contributed by atoms with Crippen LogP contribution in [0.25, 0.3) is 0 Å². The van der Waals surface area contributed by atoms with Gasteiger partial charge in [0.25, 0.3) is 0 Å². The minimum absolute atomic E-state index is 0.0788. The van der Waals surface area contributed by atoms with E-state index in [9.17, 15) is 14.0 Å². The lowest BCUT2D eigenvalue weighted by atomic mass is 9.97. The van der Waals surface area contributed by atoms with Crippen molar-refractivity contribution in [2.24, 2.45) is 0 Å². The molecule has 0 saturated heterocycles. The molecule has 1 unspecified atom stereocenters. The van der Waals surface area contributed by atoms with Gasteiger partial charge in [0.15, 0.2) is 5.78 Å². The first-order valence-corrected chi connectivity index (χ1v) is 8.79. The Morgan fingerprint density at radius 1 is 0.815 bits per heavy atom. The largest absolute Gasteiger partial charge is 0.349 e. The molecule has 3 aromatic rings. The summed E-state index contributed by atoms with van der Waals surface area (Å²) in [6.45, 7) is 0. The van der Waals surface area contributed by atoms with Crippen molar-refractivity contribution < 1.29 is 14.0 Å². The van der Waals surface area contributed by atoms with Crippen molar-refractivity contribution in [2.45, 2.75) is 18.9 Å². The Hall–Kier alpha value is -3.27. The molecule has 0 aromatic heterocycles. The molecule has 0 aliphatic rings. The van der Waals surface area contributed by atoms with E-state index in [0.29, 0.717) is 11.1 Å². The zero-order valence-corrected chi connectivity index (χ0v) is 14.8. The van der Waals surface area contributed by atoms with Gasteiger partial charge < -0.3 is 5.32 Å². The van der Waals surface area contributed by atoms with Gasteiger partial charge in [-0.3, -0.25) is 9.59 Å². The molecule has 136 valence electrons. The third-order valence-corrected chi connectivity index (χ3v) is 4.30. The van der Waals surface area contributed by atoms with E-state index < -0.39 is 6.04 Å². The first-order valence-electron chi connectivity index (χ1n) is 8.79. The fourth-order valence-corrected chi connectivity index (χ4v) is 2.90. The number of ketones is 1. The predicted octanol–water partition coefficient (Wildman–Crippen LogP) is 4.50. The lowest BCUT2D eigenvalue weighted by molar-refractivity contribution is -0.121. The second kappa shape index (κ2) is 8.90. The van der Waals surface area contributed by atoms with E-state index >= 15 is 0 Å². The zero-order chi connectivity index (χ0) is 19.1. The average Bonchev–Trinajstić information content (AvgIpc) is 2.69. The molecule has 1 atom stereocenters.